The van der Waals surface area contributed by atoms with Crippen molar-refractivity contribution in [1.82, 2.24) is 10.2 Å². The molecule has 0 bridgehead atoms. The SMILES string of the molecule is CCOC(=O)C(CCc1ccccc1)NC(C)C(=O)N1Cc2ccccc2C[C@H]1C(=O)OCc1ccccc1. The van der Waals surface area contributed by atoms with Gasteiger partial charge in [-0.2, -0.15) is 0 Å². The van der Waals surface area contributed by atoms with Crippen molar-refractivity contribution in [2.45, 2.75) is 64.4 Å². The predicted octanol–water partition coefficient (Wildman–Crippen LogP) is 4.23. The maximum absolute atomic E-state index is 13.8. The summed E-state index contributed by atoms with van der Waals surface area (Å²) in [7, 11) is 0. The number of fused-ring (bicyclic) bond motifs is 1. The number of hydrogen-bond acceptors (Lipinski definition) is 6. The maximum atomic E-state index is 13.8. The number of nitrogens with zero attached hydrogens (tertiary/aromatic N) is 1. The fourth-order valence-electron chi connectivity index (χ4n) is 4.88. The molecule has 3 atom stereocenters. The topological polar surface area (TPSA) is 84.9 Å². The quantitative estimate of drug-likeness (QED) is 0.375. The van der Waals surface area contributed by atoms with E-state index in [-0.39, 0.29) is 19.1 Å². The van der Waals surface area contributed by atoms with Gasteiger partial charge in [0.25, 0.3) is 0 Å². The zero-order chi connectivity index (χ0) is 27.6. The third kappa shape index (κ3) is 7.54. The Hall–Kier alpha value is -3.97. The molecule has 2 unspecified atom stereocenters. The van der Waals surface area contributed by atoms with Crippen LogP contribution in [0.15, 0.2) is 84.9 Å². The van der Waals surface area contributed by atoms with E-state index in [9.17, 15) is 14.4 Å². The third-order valence-corrected chi connectivity index (χ3v) is 6.98. The molecule has 4 rings (SSSR count). The zero-order valence-electron chi connectivity index (χ0n) is 22.5. The number of aryl methyl sites for hydroxylation is 1. The first-order valence-electron chi connectivity index (χ1n) is 13.5. The first kappa shape index (κ1) is 28.0. The van der Waals surface area contributed by atoms with Gasteiger partial charge in [0.2, 0.25) is 5.91 Å². The minimum atomic E-state index is -0.759. The molecule has 1 amide bonds. The predicted molar refractivity (Wildman–Crippen MR) is 149 cm³/mol. The summed E-state index contributed by atoms with van der Waals surface area (Å²) in [5.74, 6) is -1.10. The van der Waals surface area contributed by atoms with Crippen molar-refractivity contribution in [2.24, 2.45) is 0 Å². The second-order valence-corrected chi connectivity index (χ2v) is 9.77. The summed E-state index contributed by atoms with van der Waals surface area (Å²) >= 11 is 0. The molecule has 0 saturated heterocycles. The lowest BCUT2D eigenvalue weighted by molar-refractivity contribution is -0.158. The van der Waals surface area contributed by atoms with E-state index in [0.717, 1.165) is 22.3 Å². The minimum Gasteiger partial charge on any atom is -0.465 e. The van der Waals surface area contributed by atoms with E-state index in [2.05, 4.69) is 5.32 Å². The average Bonchev–Trinajstić information content (AvgIpc) is 2.98. The van der Waals surface area contributed by atoms with E-state index in [1.54, 1.807) is 18.7 Å². The highest BCUT2D eigenvalue weighted by atomic mass is 16.5. The number of benzene rings is 3. The van der Waals surface area contributed by atoms with Crippen molar-refractivity contribution in [3.8, 4) is 0 Å². The monoisotopic (exact) mass is 528 g/mol. The molecule has 0 saturated carbocycles. The maximum Gasteiger partial charge on any atom is 0.329 e. The molecule has 1 aliphatic rings. The standard InChI is InChI=1S/C32H36N2O5/c1-3-38-31(36)28(19-18-24-12-6-4-7-13-24)33-23(2)30(35)34-21-27-17-11-10-16-26(27)20-29(34)32(37)39-22-25-14-8-5-9-15-25/h4-17,23,28-29,33H,3,18-22H2,1-2H3/t23?,28?,29-/m0/s1. The van der Waals surface area contributed by atoms with Crippen LogP contribution in [0.5, 0.6) is 0 Å². The van der Waals surface area contributed by atoms with Gasteiger partial charge < -0.3 is 14.4 Å². The second-order valence-electron chi connectivity index (χ2n) is 9.77. The Balaban J connectivity index is 1.48. The minimum absolute atomic E-state index is 0.137. The van der Waals surface area contributed by atoms with Crippen molar-refractivity contribution in [1.29, 1.82) is 0 Å². The molecule has 0 aromatic heterocycles. The number of hydrogen-bond donors (Lipinski definition) is 1. The molecule has 39 heavy (non-hydrogen) atoms. The van der Waals surface area contributed by atoms with Gasteiger partial charge in [-0.05, 0) is 48.9 Å². The van der Waals surface area contributed by atoms with E-state index in [1.807, 2.05) is 84.9 Å². The first-order chi connectivity index (χ1) is 19.0. The zero-order valence-corrected chi connectivity index (χ0v) is 22.5. The Morgan fingerprint density at radius 3 is 2.15 bits per heavy atom. The molecule has 1 N–H and O–H groups in total. The summed E-state index contributed by atoms with van der Waals surface area (Å²) in [6, 6.07) is 25.0. The highest BCUT2D eigenvalue weighted by molar-refractivity contribution is 5.89. The summed E-state index contributed by atoms with van der Waals surface area (Å²) < 4.78 is 11.0. The Bertz CT molecular complexity index is 1250. The van der Waals surface area contributed by atoms with Gasteiger partial charge in [0.15, 0.2) is 0 Å². The van der Waals surface area contributed by atoms with Crippen molar-refractivity contribution in [3.63, 3.8) is 0 Å². The van der Waals surface area contributed by atoms with Crippen molar-refractivity contribution >= 4 is 17.8 Å². The molecule has 204 valence electrons. The van der Waals surface area contributed by atoms with Crippen molar-refractivity contribution in [3.05, 3.63) is 107 Å². The summed E-state index contributed by atoms with van der Waals surface area (Å²) in [6.45, 7) is 4.17. The lowest BCUT2D eigenvalue weighted by atomic mass is 9.93. The van der Waals surface area contributed by atoms with Crippen LogP contribution in [0.1, 0.15) is 42.5 Å². The van der Waals surface area contributed by atoms with Gasteiger partial charge >= 0.3 is 11.9 Å². The first-order valence-corrected chi connectivity index (χ1v) is 13.5. The van der Waals surface area contributed by atoms with Crippen LogP contribution in [0.3, 0.4) is 0 Å². The molecule has 1 aliphatic heterocycles. The Morgan fingerprint density at radius 2 is 1.49 bits per heavy atom. The Labute approximate surface area is 230 Å². The van der Waals surface area contributed by atoms with Gasteiger partial charge in [-0.3, -0.25) is 14.9 Å². The highest BCUT2D eigenvalue weighted by Gasteiger charge is 2.38. The van der Waals surface area contributed by atoms with Gasteiger partial charge in [-0.25, -0.2) is 4.79 Å². The molecule has 7 heteroatoms. The normalized spacial score (nSPS) is 16.1. The number of rotatable bonds is 11. The Morgan fingerprint density at radius 1 is 0.872 bits per heavy atom. The van der Waals surface area contributed by atoms with Crippen LogP contribution < -0.4 is 5.32 Å². The van der Waals surface area contributed by atoms with E-state index >= 15 is 0 Å². The summed E-state index contributed by atoms with van der Waals surface area (Å²) in [5.41, 5.74) is 4.00. The molecule has 7 nitrogen and oxygen atoms in total. The molecule has 0 spiro atoms. The van der Waals surface area contributed by atoms with Crippen LogP contribution in [0.4, 0.5) is 0 Å². The third-order valence-electron chi connectivity index (χ3n) is 6.98. The van der Waals surface area contributed by atoms with Crippen LogP contribution in [-0.4, -0.2) is 47.5 Å². The number of ether oxygens (including phenoxy) is 2. The number of carbonyl (C=O) groups is 3. The Kier molecular flexibility index (Phi) is 9.86. The average molecular weight is 529 g/mol. The van der Waals surface area contributed by atoms with Crippen LogP contribution >= 0.6 is 0 Å². The highest BCUT2D eigenvalue weighted by Crippen LogP contribution is 2.25. The van der Waals surface area contributed by atoms with Gasteiger partial charge in [0.05, 0.1) is 12.6 Å². The number of nitrogens with one attached hydrogen (secondary N) is 1. The van der Waals surface area contributed by atoms with E-state index in [4.69, 9.17) is 9.47 Å². The fourth-order valence-corrected chi connectivity index (χ4v) is 4.88. The van der Waals surface area contributed by atoms with Crippen LogP contribution in [-0.2, 0) is 49.9 Å². The summed E-state index contributed by atoms with van der Waals surface area (Å²) in [4.78, 5) is 41.4. The largest absolute Gasteiger partial charge is 0.465 e. The fraction of sp³-hybridized carbons (Fsp3) is 0.344. The van der Waals surface area contributed by atoms with Gasteiger partial charge in [0.1, 0.15) is 18.7 Å². The van der Waals surface area contributed by atoms with Gasteiger partial charge in [0, 0.05) is 13.0 Å². The molecular formula is C32H36N2O5. The molecule has 1 heterocycles. The van der Waals surface area contributed by atoms with E-state index < -0.39 is 30.1 Å². The number of carbonyl (C=O) groups excluding carboxylic acids is 3. The van der Waals surface area contributed by atoms with Gasteiger partial charge in [-0.1, -0.05) is 84.9 Å². The van der Waals surface area contributed by atoms with Crippen molar-refractivity contribution < 1.29 is 23.9 Å². The molecule has 3 aromatic carbocycles. The lowest BCUT2D eigenvalue weighted by Crippen LogP contribution is -2.56. The molecule has 0 aliphatic carbocycles. The van der Waals surface area contributed by atoms with Crippen LogP contribution in [0.2, 0.25) is 0 Å². The number of esters is 2. The summed E-state index contributed by atoms with van der Waals surface area (Å²) in [6.07, 6.45) is 1.51. The molecular weight excluding hydrogens is 492 g/mol. The second kappa shape index (κ2) is 13.7. The number of amides is 1. The summed E-state index contributed by atoms with van der Waals surface area (Å²) in [5, 5.41) is 3.19. The molecule has 0 radical (unpaired) electrons. The lowest BCUT2D eigenvalue weighted by Gasteiger charge is -2.37. The van der Waals surface area contributed by atoms with E-state index in [1.165, 1.54) is 0 Å². The van der Waals surface area contributed by atoms with E-state index in [0.29, 0.717) is 25.8 Å². The van der Waals surface area contributed by atoms with Crippen LogP contribution in [0.25, 0.3) is 0 Å². The van der Waals surface area contributed by atoms with Crippen molar-refractivity contribution in [2.75, 3.05) is 6.61 Å². The molecule has 0 fully saturated rings. The van der Waals surface area contributed by atoms with Crippen LogP contribution in [0, 0.1) is 0 Å². The molecule has 3 aromatic rings. The smallest absolute Gasteiger partial charge is 0.329 e. The van der Waals surface area contributed by atoms with Gasteiger partial charge in [-0.15, -0.1) is 0 Å².